The predicted octanol–water partition coefficient (Wildman–Crippen LogP) is 5.20. The molecule has 1 aromatic carbocycles. The number of hydrogen-bond donors (Lipinski definition) is 1. The summed E-state index contributed by atoms with van der Waals surface area (Å²) in [6, 6.07) is 14.3. The SMILES string of the molecule is C=CCOC[C@H](NC(C#N)CC(C#N)[Si](C)(C)C(C)(C)C)c1ccccc1. The van der Waals surface area contributed by atoms with E-state index in [0.717, 1.165) is 5.56 Å². The molecule has 4 nitrogen and oxygen atoms in total. The van der Waals surface area contributed by atoms with E-state index in [1.54, 1.807) is 6.08 Å². The van der Waals surface area contributed by atoms with Gasteiger partial charge in [0.05, 0.1) is 45.5 Å². The average Bonchev–Trinajstić information content (AvgIpc) is 2.63. The molecule has 27 heavy (non-hydrogen) atoms. The molecular formula is C22H33N3OSi. The minimum atomic E-state index is -1.87. The third-order valence-corrected chi connectivity index (χ3v) is 11.7. The molecular weight excluding hydrogens is 350 g/mol. The van der Waals surface area contributed by atoms with Crippen LogP contribution in [0.5, 0.6) is 0 Å². The van der Waals surface area contributed by atoms with E-state index in [4.69, 9.17) is 4.74 Å². The Kier molecular flexibility index (Phi) is 8.92. The molecule has 0 amide bonds. The Morgan fingerprint density at radius 1 is 1.19 bits per heavy atom. The minimum Gasteiger partial charge on any atom is -0.375 e. The van der Waals surface area contributed by atoms with Crippen LogP contribution in [0, 0.1) is 22.7 Å². The molecule has 0 saturated carbocycles. The van der Waals surface area contributed by atoms with Crippen molar-refractivity contribution in [3.05, 3.63) is 48.6 Å². The number of hydrogen-bond acceptors (Lipinski definition) is 4. The molecule has 0 saturated heterocycles. The summed E-state index contributed by atoms with van der Waals surface area (Å²) in [6.07, 6.45) is 2.25. The molecule has 1 rings (SSSR count). The van der Waals surface area contributed by atoms with Crippen LogP contribution in [0.25, 0.3) is 0 Å². The molecule has 0 aliphatic heterocycles. The fourth-order valence-corrected chi connectivity index (χ4v) is 5.06. The Hall–Kier alpha value is -1.92. The van der Waals surface area contributed by atoms with E-state index in [9.17, 15) is 10.5 Å². The summed E-state index contributed by atoms with van der Waals surface area (Å²) < 4.78 is 5.65. The third-order valence-electron chi connectivity index (χ3n) is 5.71. The highest BCUT2D eigenvalue weighted by molar-refractivity contribution is 6.82. The van der Waals surface area contributed by atoms with E-state index < -0.39 is 14.1 Å². The van der Waals surface area contributed by atoms with Gasteiger partial charge in [0.2, 0.25) is 0 Å². The summed E-state index contributed by atoms with van der Waals surface area (Å²) in [4.78, 5) is 0. The standard InChI is InChI=1S/C22H33N3OSi/c1-7-13-26-17-21(18-11-9-8-10-12-18)25-19(15-23)14-20(16-24)27(5,6)22(2,3)4/h7-12,19-21,25H,1,13-14,17H2,2-6H3/t19?,20?,21-/m0/s1. The molecule has 3 atom stereocenters. The van der Waals surface area contributed by atoms with Gasteiger partial charge in [0.25, 0.3) is 0 Å². The fraction of sp³-hybridized carbons (Fsp3) is 0.545. The lowest BCUT2D eigenvalue weighted by molar-refractivity contribution is 0.133. The molecule has 0 aromatic heterocycles. The zero-order valence-electron chi connectivity index (χ0n) is 17.3. The van der Waals surface area contributed by atoms with Crippen LogP contribution in [-0.4, -0.2) is 27.3 Å². The van der Waals surface area contributed by atoms with Crippen LogP contribution in [0.15, 0.2) is 43.0 Å². The normalized spacial score (nSPS) is 15.2. The van der Waals surface area contributed by atoms with Crippen molar-refractivity contribution in [2.24, 2.45) is 0 Å². The van der Waals surface area contributed by atoms with E-state index in [1.807, 2.05) is 30.3 Å². The maximum Gasteiger partial charge on any atom is 0.0968 e. The Balaban J connectivity index is 2.96. The fourth-order valence-electron chi connectivity index (χ4n) is 2.86. The topological polar surface area (TPSA) is 68.8 Å². The molecule has 0 bridgehead atoms. The highest BCUT2D eigenvalue weighted by Crippen LogP contribution is 2.45. The van der Waals surface area contributed by atoms with Gasteiger partial charge in [-0.25, -0.2) is 0 Å². The van der Waals surface area contributed by atoms with Crippen molar-refractivity contribution >= 4 is 8.07 Å². The van der Waals surface area contributed by atoms with Crippen LogP contribution in [0.1, 0.15) is 38.8 Å². The maximum absolute atomic E-state index is 9.81. The van der Waals surface area contributed by atoms with Gasteiger partial charge >= 0.3 is 0 Å². The second kappa shape index (κ2) is 10.4. The van der Waals surface area contributed by atoms with Crippen molar-refractivity contribution in [3.63, 3.8) is 0 Å². The lowest BCUT2D eigenvalue weighted by atomic mass is 10.1. The molecule has 1 N–H and O–H groups in total. The van der Waals surface area contributed by atoms with Gasteiger partial charge in [-0.1, -0.05) is 70.3 Å². The van der Waals surface area contributed by atoms with Gasteiger partial charge < -0.3 is 4.74 Å². The van der Waals surface area contributed by atoms with Crippen molar-refractivity contribution in [1.29, 1.82) is 10.5 Å². The summed E-state index contributed by atoms with van der Waals surface area (Å²) in [6.45, 7) is 15.7. The smallest absolute Gasteiger partial charge is 0.0968 e. The van der Waals surface area contributed by atoms with Crippen molar-refractivity contribution in [2.75, 3.05) is 13.2 Å². The van der Waals surface area contributed by atoms with Crippen molar-refractivity contribution < 1.29 is 4.74 Å². The summed E-state index contributed by atoms with van der Waals surface area (Å²) >= 11 is 0. The number of nitriles is 2. The monoisotopic (exact) mass is 383 g/mol. The molecule has 2 unspecified atom stereocenters. The molecule has 0 fully saturated rings. The van der Waals surface area contributed by atoms with Crippen molar-refractivity contribution in [1.82, 2.24) is 5.32 Å². The van der Waals surface area contributed by atoms with Gasteiger partial charge in [-0.2, -0.15) is 10.5 Å². The largest absolute Gasteiger partial charge is 0.375 e. The molecule has 0 heterocycles. The van der Waals surface area contributed by atoms with Gasteiger partial charge in [-0.15, -0.1) is 6.58 Å². The van der Waals surface area contributed by atoms with Gasteiger partial charge in [0, 0.05) is 5.54 Å². The van der Waals surface area contributed by atoms with E-state index in [1.165, 1.54) is 0 Å². The minimum absolute atomic E-state index is 0.0965. The van der Waals surface area contributed by atoms with Gasteiger partial charge in [-0.3, -0.25) is 5.32 Å². The third kappa shape index (κ3) is 6.63. The zero-order valence-corrected chi connectivity index (χ0v) is 18.3. The Morgan fingerprint density at radius 3 is 2.30 bits per heavy atom. The van der Waals surface area contributed by atoms with Crippen LogP contribution < -0.4 is 5.32 Å². The lowest BCUT2D eigenvalue weighted by Crippen LogP contribution is -2.45. The van der Waals surface area contributed by atoms with Crippen LogP contribution in [0.4, 0.5) is 0 Å². The molecule has 0 aliphatic carbocycles. The Bertz CT molecular complexity index is 668. The first kappa shape index (κ1) is 23.1. The second-order valence-electron chi connectivity index (χ2n) is 8.53. The number of rotatable bonds is 10. The molecule has 0 spiro atoms. The van der Waals surface area contributed by atoms with E-state index >= 15 is 0 Å². The quantitative estimate of drug-likeness (QED) is 0.342. The summed E-state index contributed by atoms with van der Waals surface area (Å²) in [7, 11) is -1.87. The predicted molar refractivity (Wildman–Crippen MR) is 114 cm³/mol. The van der Waals surface area contributed by atoms with E-state index in [-0.39, 0.29) is 16.6 Å². The first-order valence-electron chi connectivity index (χ1n) is 9.46. The first-order valence-corrected chi connectivity index (χ1v) is 12.5. The van der Waals surface area contributed by atoms with E-state index in [2.05, 4.69) is 57.9 Å². The highest BCUT2D eigenvalue weighted by Gasteiger charge is 2.43. The lowest BCUT2D eigenvalue weighted by Gasteiger charge is -2.41. The van der Waals surface area contributed by atoms with Crippen molar-refractivity contribution in [3.8, 4) is 12.1 Å². The molecule has 0 radical (unpaired) electrons. The zero-order chi connectivity index (χ0) is 20.5. The van der Waals surface area contributed by atoms with Crippen LogP contribution in [-0.2, 0) is 4.74 Å². The Morgan fingerprint density at radius 2 is 1.81 bits per heavy atom. The molecule has 5 heteroatoms. The maximum atomic E-state index is 9.81. The van der Waals surface area contributed by atoms with Crippen molar-refractivity contribution in [2.45, 2.75) is 62.9 Å². The average molecular weight is 384 g/mol. The highest BCUT2D eigenvalue weighted by atomic mass is 28.3. The number of nitrogens with one attached hydrogen (secondary N) is 1. The molecule has 0 aliphatic rings. The van der Waals surface area contributed by atoms with Crippen LogP contribution >= 0.6 is 0 Å². The van der Waals surface area contributed by atoms with E-state index in [0.29, 0.717) is 19.6 Å². The second-order valence-corrected chi connectivity index (χ2v) is 14.2. The van der Waals surface area contributed by atoms with Gasteiger partial charge in [0.1, 0.15) is 0 Å². The number of nitrogens with zero attached hydrogens (tertiary/aromatic N) is 2. The van der Waals surface area contributed by atoms with Gasteiger partial charge in [-0.05, 0) is 17.0 Å². The Labute approximate surface area is 165 Å². The summed E-state index contributed by atoms with van der Waals surface area (Å²) in [5.41, 5.74) is 0.975. The summed E-state index contributed by atoms with van der Waals surface area (Å²) in [5, 5.41) is 23.1. The number of benzene rings is 1. The number of ether oxygens (including phenoxy) is 1. The summed E-state index contributed by atoms with van der Waals surface area (Å²) in [5.74, 6) is 0. The molecule has 146 valence electrons. The van der Waals surface area contributed by atoms with Crippen LogP contribution in [0.3, 0.4) is 0 Å². The van der Waals surface area contributed by atoms with Gasteiger partial charge in [0.15, 0.2) is 0 Å². The first-order chi connectivity index (χ1) is 12.7. The molecule has 1 aromatic rings. The van der Waals surface area contributed by atoms with Crippen LogP contribution in [0.2, 0.25) is 23.7 Å².